The van der Waals surface area contributed by atoms with E-state index in [2.05, 4.69) is 31.4 Å². The number of hydrazine groups is 1. The van der Waals surface area contributed by atoms with E-state index < -0.39 is 0 Å². The summed E-state index contributed by atoms with van der Waals surface area (Å²) in [6.07, 6.45) is 10.4. The summed E-state index contributed by atoms with van der Waals surface area (Å²) in [6, 6.07) is 4.80. The standard InChI is InChI=1S/C15H28N2S/c1-3-5-6-7-8-9-10-14(17-16)15-12-11-13(4-2)18-15/h11-12,14,17H,3-10,16H2,1-2H3. The van der Waals surface area contributed by atoms with Crippen molar-refractivity contribution in [2.24, 2.45) is 5.84 Å². The molecule has 1 aromatic heterocycles. The summed E-state index contributed by atoms with van der Waals surface area (Å²) in [7, 11) is 0. The molecule has 3 N–H and O–H groups in total. The summed E-state index contributed by atoms with van der Waals surface area (Å²) >= 11 is 1.89. The summed E-state index contributed by atoms with van der Waals surface area (Å²) in [4.78, 5) is 2.84. The maximum atomic E-state index is 5.67. The highest BCUT2D eigenvalue weighted by atomic mass is 32.1. The second-order valence-electron chi connectivity index (χ2n) is 4.93. The molecule has 0 aromatic carbocycles. The highest BCUT2D eigenvalue weighted by Gasteiger charge is 2.11. The van der Waals surface area contributed by atoms with Crippen LogP contribution in [0.4, 0.5) is 0 Å². The van der Waals surface area contributed by atoms with Crippen molar-refractivity contribution in [1.82, 2.24) is 5.43 Å². The molecule has 0 saturated carbocycles. The molecule has 0 aliphatic carbocycles. The van der Waals surface area contributed by atoms with Crippen LogP contribution < -0.4 is 11.3 Å². The Hall–Kier alpha value is -0.380. The second-order valence-corrected chi connectivity index (χ2v) is 6.13. The van der Waals surface area contributed by atoms with E-state index in [1.165, 1.54) is 48.3 Å². The van der Waals surface area contributed by atoms with Gasteiger partial charge in [0.05, 0.1) is 6.04 Å². The molecule has 0 spiro atoms. The highest BCUT2D eigenvalue weighted by Crippen LogP contribution is 2.27. The summed E-state index contributed by atoms with van der Waals surface area (Å²) in [5, 5.41) is 0. The minimum atomic E-state index is 0.349. The lowest BCUT2D eigenvalue weighted by molar-refractivity contribution is 0.482. The van der Waals surface area contributed by atoms with Crippen molar-refractivity contribution < 1.29 is 0 Å². The van der Waals surface area contributed by atoms with E-state index in [9.17, 15) is 0 Å². The van der Waals surface area contributed by atoms with Gasteiger partial charge in [-0.05, 0) is 25.0 Å². The Kier molecular flexibility index (Phi) is 8.31. The minimum Gasteiger partial charge on any atom is -0.271 e. The molecule has 0 saturated heterocycles. The number of hydrogen-bond donors (Lipinski definition) is 2. The average Bonchev–Trinajstić information content (AvgIpc) is 2.87. The molecule has 1 unspecified atom stereocenters. The lowest BCUT2D eigenvalue weighted by Gasteiger charge is -2.13. The SMILES string of the molecule is CCCCCCCCC(NN)c1ccc(CC)s1. The summed E-state index contributed by atoms with van der Waals surface area (Å²) in [6.45, 7) is 4.46. The molecule has 0 aliphatic rings. The predicted molar refractivity (Wildman–Crippen MR) is 81.8 cm³/mol. The van der Waals surface area contributed by atoms with Gasteiger partial charge < -0.3 is 0 Å². The van der Waals surface area contributed by atoms with Gasteiger partial charge in [-0.2, -0.15) is 0 Å². The van der Waals surface area contributed by atoms with E-state index in [0.717, 1.165) is 12.8 Å². The lowest BCUT2D eigenvalue weighted by atomic mass is 10.1. The molecular formula is C15H28N2S. The normalized spacial score (nSPS) is 12.8. The van der Waals surface area contributed by atoms with Crippen molar-refractivity contribution in [3.05, 3.63) is 21.9 Å². The van der Waals surface area contributed by atoms with Crippen molar-refractivity contribution in [3.63, 3.8) is 0 Å². The van der Waals surface area contributed by atoms with Gasteiger partial charge in [0.25, 0.3) is 0 Å². The Morgan fingerprint density at radius 2 is 1.83 bits per heavy atom. The van der Waals surface area contributed by atoms with Gasteiger partial charge in [-0.15, -0.1) is 11.3 Å². The summed E-state index contributed by atoms with van der Waals surface area (Å²) in [5.74, 6) is 5.67. The first-order valence-corrected chi connectivity index (χ1v) is 8.18. The highest BCUT2D eigenvalue weighted by molar-refractivity contribution is 7.12. The molecule has 1 atom stereocenters. The van der Waals surface area contributed by atoms with Gasteiger partial charge in [0, 0.05) is 9.75 Å². The fourth-order valence-electron chi connectivity index (χ4n) is 2.21. The van der Waals surface area contributed by atoms with Crippen LogP contribution in [0.1, 0.15) is 74.6 Å². The number of nitrogens with two attached hydrogens (primary N) is 1. The zero-order valence-electron chi connectivity index (χ0n) is 11.9. The van der Waals surface area contributed by atoms with Crippen molar-refractivity contribution in [2.75, 3.05) is 0 Å². The van der Waals surface area contributed by atoms with Crippen molar-refractivity contribution in [2.45, 2.75) is 71.3 Å². The zero-order valence-corrected chi connectivity index (χ0v) is 12.7. The van der Waals surface area contributed by atoms with Crippen LogP contribution >= 0.6 is 11.3 Å². The molecule has 0 aliphatic heterocycles. The number of unbranched alkanes of at least 4 members (excludes halogenated alkanes) is 5. The van der Waals surface area contributed by atoms with Gasteiger partial charge in [0.2, 0.25) is 0 Å². The first-order chi connectivity index (χ1) is 8.81. The third kappa shape index (κ3) is 5.51. The number of rotatable bonds is 10. The molecule has 1 rings (SSSR count). The predicted octanol–water partition coefficient (Wildman–Crippen LogP) is 4.57. The van der Waals surface area contributed by atoms with Gasteiger partial charge in [0.15, 0.2) is 0 Å². The Morgan fingerprint density at radius 3 is 2.44 bits per heavy atom. The van der Waals surface area contributed by atoms with E-state index in [-0.39, 0.29) is 0 Å². The average molecular weight is 268 g/mol. The zero-order chi connectivity index (χ0) is 13.2. The quantitative estimate of drug-likeness (QED) is 0.371. The third-order valence-corrected chi connectivity index (χ3v) is 4.77. The maximum Gasteiger partial charge on any atom is 0.0553 e. The topological polar surface area (TPSA) is 38.0 Å². The number of hydrogen-bond acceptors (Lipinski definition) is 3. The van der Waals surface area contributed by atoms with Gasteiger partial charge in [-0.25, -0.2) is 0 Å². The molecule has 1 heterocycles. The Morgan fingerprint density at radius 1 is 1.11 bits per heavy atom. The van der Waals surface area contributed by atoms with Crippen LogP contribution in [-0.2, 0) is 6.42 Å². The van der Waals surface area contributed by atoms with Crippen LogP contribution in [0.15, 0.2) is 12.1 Å². The van der Waals surface area contributed by atoms with Crippen molar-refractivity contribution in [3.8, 4) is 0 Å². The van der Waals surface area contributed by atoms with E-state index in [1.807, 2.05) is 11.3 Å². The largest absolute Gasteiger partial charge is 0.271 e. The van der Waals surface area contributed by atoms with Crippen LogP contribution in [0.5, 0.6) is 0 Å². The monoisotopic (exact) mass is 268 g/mol. The lowest BCUT2D eigenvalue weighted by Crippen LogP contribution is -2.27. The fraction of sp³-hybridized carbons (Fsp3) is 0.733. The number of nitrogens with one attached hydrogen (secondary N) is 1. The first kappa shape index (κ1) is 15.7. The van der Waals surface area contributed by atoms with Crippen molar-refractivity contribution in [1.29, 1.82) is 0 Å². The van der Waals surface area contributed by atoms with Gasteiger partial charge in [-0.1, -0.05) is 52.4 Å². The van der Waals surface area contributed by atoms with Crippen molar-refractivity contribution >= 4 is 11.3 Å². The minimum absolute atomic E-state index is 0.349. The Bertz CT molecular complexity index is 309. The van der Waals surface area contributed by atoms with Crippen LogP contribution in [0.2, 0.25) is 0 Å². The summed E-state index contributed by atoms with van der Waals surface area (Å²) in [5.41, 5.74) is 2.97. The molecule has 3 heteroatoms. The molecule has 104 valence electrons. The second kappa shape index (κ2) is 9.54. The van der Waals surface area contributed by atoms with Gasteiger partial charge in [-0.3, -0.25) is 11.3 Å². The van der Waals surface area contributed by atoms with Crippen LogP contribution in [-0.4, -0.2) is 0 Å². The number of aryl methyl sites for hydroxylation is 1. The molecule has 1 aromatic rings. The molecule has 0 amide bonds. The van der Waals surface area contributed by atoms with E-state index in [0.29, 0.717) is 6.04 Å². The molecule has 0 radical (unpaired) electrons. The van der Waals surface area contributed by atoms with E-state index in [1.54, 1.807) is 0 Å². The molecule has 0 fully saturated rings. The smallest absolute Gasteiger partial charge is 0.0553 e. The molecule has 18 heavy (non-hydrogen) atoms. The van der Waals surface area contributed by atoms with Crippen LogP contribution in [0.25, 0.3) is 0 Å². The van der Waals surface area contributed by atoms with E-state index in [4.69, 9.17) is 5.84 Å². The first-order valence-electron chi connectivity index (χ1n) is 7.36. The maximum absolute atomic E-state index is 5.67. The molecule has 2 nitrogen and oxygen atoms in total. The molecule has 0 bridgehead atoms. The van der Waals surface area contributed by atoms with Crippen LogP contribution in [0.3, 0.4) is 0 Å². The van der Waals surface area contributed by atoms with Crippen LogP contribution in [0, 0.1) is 0 Å². The van der Waals surface area contributed by atoms with E-state index >= 15 is 0 Å². The van der Waals surface area contributed by atoms with Gasteiger partial charge in [0.1, 0.15) is 0 Å². The third-order valence-electron chi connectivity index (χ3n) is 3.42. The molecular weight excluding hydrogens is 240 g/mol. The summed E-state index contributed by atoms with van der Waals surface area (Å²) < 4.78 is 0. The van der Waals surface area contributed by atoms with Gasteiger partial charge >= 0.3 is 0 Å². The fourth-order valence-corrected chi connectivity index (χ4v) is 3.26. The Labute approximate surface area is 116 Å². The number of thiophene rings is 1. The Balaban J connectivity index is 2.25.